The highest BCUT2D eigenvalue weighted by atomic mass is 32.2. The fourth-order valence-corrected chi connectivity index (χ4v) is 3.45. The summed E-state index contributed by atoms with van der Waals surface area (Å²) in [5.41, 5.74) is 0. The Bertz CT molecular complexity index is 407. The van der Waals surface area contributed by atoms with E-state index in [1.807, 2.05) is 6.92 Å². The maximum absolute atomic E-state index is 11.2. The molecule has 1 aliphatic rings. The summed E-state index contributed by atoms with van der Waals surface area (Å²) in [6.45, 7) is 6.52. The number of aromatic nitrogens is 2. The fourth-order valence-electron chi connectivity index (χ4n) is 1.61. The SMILES string of the molecule is CCC(=O)Nc1nnc(SCCN2CCOCC2)s1. The van der Waals surface area contributed by atoms with E-state index >= 15 is 0 Å². The first-order chi connectivity index (χ1) is 9.28. The second-order valence-electron chi connectivity index (χ2n) is 4.08. The van der Waals surface area contributed by atoms with E-state index in [-0.39, 0.29) is 5.91 Å². The number of carbonyl (C=O) groups is 1. The van der Waals surface area contributed by atoms with Gasteiger partial charge in [0.15, 0.2) is 4.34 Å². The number of morpholine rings is 1. The lowest BCUT2D eigenvalue weighted by atomic mass is 10.4. The maximum atomic E-state index is 11.2. The van der Waals surface area contributed by atoms with Crippen molar-refractivity contribution in [3.05, 3.63) is 0 Å². The first kappa shape index (κ1) is 14.7. The molecule has 1 amide bonds. The van der Waals surface area contributed by atoms with Gasteiger partial charge in [-0.05, 0) is 0 Å². The second kappa shape index (κ2) is 7.78. The second-order valence-corrected chi connectivity index (χ2v) is 6.40. The minimum absolute atomic E-state index is 0.0268. The van der Waals surface area contributed by atoms with Crippen molar-refractivity contribution >= 4 is 34.1 Å². The Hall–Kier alpha value is -0.700. The zero-order chi connectivity index (χ0) is 13.5. The van der Waals surface area contributed by atoms with Crippen LogP contribution in [0.4, 0.5) is 5.13 Å². The molecule has 106 valence electrons. The maximum Gasteiger partial charge on any atom is 0.225 e. The van der Waals surface area contributed by atoms with Crippen LogP contribution in [0.2, 0.25) is 0 Å². The molecule has 0 saturated carbocycles. The highest BCUT2D eigenvalue weighted by molar-refractivity contribution is 8.01. The summed E-state index contributed by atoms with van der Waals surface area (Å²) in [6.07, 6.45) is 0.457. The molecule has 1 N–H and O–H groups in total. The van der Waals surface area contributed by atoms with Gasteiger partial charge in [0.25, 0.3) is 0 Å². The molecule has 1 saturated heterocycles. The molecule has 6 nitrogen and oxygen atoms in total. The van der Waals surface area contributed by atoms with Crippen molar-refractivity contribution in [1.29, 1.82) is 0 Å². The third-order valence-electron chi connectivity index (χ3n) is 2.71. The number of thioether (sulfide) groups is 1. The van der Waals surface area contributed by atoms with Gasteiger partial charge in [-0.2, -0.15) is 0 Å². The van der Waals surface area contributed by atoms with Gasteiger partial charge in [0.1, 0.15) is 0 Å². The van der Waals surface area contributed by atoms with Crippen LogP contribution in [0.1, 0.15) is 13.3 Å². The lowest BCUT2D eigenvalue weighted by molar-refractivity contribution is -0.115. The first-order valence-electron chi connectivity index (χ1n) is 6.34. The number of carbonyl (C=O) groups excluding carboxylic acids is 1. The van der Waals surface area contributed by atoms with Crippen LogP contribution in [0.25, 0.3) is 0 Å². The third-order valence-corrected chi connectivity index (χ3v) is 4.66. The zero-order valence-corrected chi connectivity index (χ0v) is 12.6. The number of nitrogens with one attached hydrogen (secondary N) is 1. The molecule has 1 aromatic heterocycles. The topological polar surface area (TPSA) is 67.4 Å². The molecule has 2 rings (SSSR count). The van der Waals surface area contributed by atoms with Crippen LogP contribution < -0.4 is 5.32 Å². The molecule has 0 bridgehead atoms. The number of anilines is 1. The molecular formula is C11H18N4O2S2. The molecule has 2 heterocycles. The summed E-state index contributed by atoms with van der Waals surface area (Å²) in [5.74, 6) is 0.956. The van der Waals surface area contributed by atoms with E-state index in [0.29, 0.717) is 11.6 Å². The molecule has 0 unspecified atom stereocenters. The molecule has 0 aliphatic carbocycles. The van der Waals surface area contributed by atoms with Crippen molar-refractivity contribution in [2.24, 2.45) is 0 Å². The molecule has 1 aliphatic heterocycles. The van der Waals surface area contributed by atoms with Crippen LogP contribution in [0.3, 0.4) is 0 Å². The lowest BCUT2D eigenvalue weighted by Crippen LogP contribution is -2.37. The van der Waals surface area contributed by atoms with Crippen molar-refractivity contribution < 1.29 is 9.53 Å². The van der Waals surface area contributed by atoms with Crippen molar-refractivity contribution in [3.63, 3.8) is 0 Å². The molecule has 0 spiro atoms. The number of hydrogen-bond acceptors (Lipinski definition) is 7. The van der Waals surface area contributed by atoms with Gasteiger partial charge in [-0.1, -0.05) is 30.0 Å². The quantitative estimate of drug-likeness (QED) is 0.631. The predicted molar refractivity (Wildman–Crippen MR) is 76.8 cm³/mol. The standard InChI is InChI=1S/C11H18N4O2S2/c1-2-9(16)12-10-13-14-11(19-10)18-8-5-15-3-6-17-7-4-15/h2-8H2,1H3,(H,12,13,16). The average molecular weight is 302 g/mol. The van der Waals surface area contributed by atoms with Gasteiger partial charge < -0.3 is 10.1 Å². The minimum Gasteiger partial charge on any atom is -0.379 e. The highest BCUT2D eigenvalue weighted by Gasteiger charge is 2.11. The largest absolute Gasteiger partial charge is 0.379 e. The molecule has 0 aromatic carbocycles. The van der Waals surface area contributed by atoms with E-state index < -0.39 is 0 Å². The summed E-state index contributed by atoms with van der Waals surface area (Å²) in [5, 5.41) is 11.3. The van der Waals surface area contributed by atoms with E-state index in [2.05, 4.69) is 20.4 Å². The normalized spacial score (nSPS) is 16.5. The average Bonchev–Trinajstić information content (AvgIpc) is 2.87. The number of nitrogens with zero attached hydrogens (tertiary/aromatic N) is 3. The minimum atomic E-state index is -0.0268. The highest BCUT2D eigenvalue weighted by Crippen LogP contribution is 2.25. The van der Waals surface area contributed by atoms with Gasteiger partial charge in [0, 0.05) is 31.8 Å². The van der Waals surface area contributed by atoms with Gasteiger partial charge in [0.2, 0.25) is 11.0 Å². The molecule has 1 fully saturated rings. The Kier molecular flexibility index (Phi) is 6.02. The third kappa shape index (κ3) is 5.06. The smallest absolute Gasteiger partial charge is 0.225 e. The fraction of sp³-hybridized carbons (Fsp3) is 0.727. The van der Waals surface area contributed by atoms with E-state index in [1.54, 1.807) is 11.8 Å². The Morgan fingerprint density at radius 1 is 1.47 bits per heavy atom. The summed E-state index contributed by atoms with van der Waals surface area (Å²) in [7, 11) is 0. The van der Waals surface area contributed by atoms with Crippen LogP contribution in [0, 0.1) is 0 Å². The molecule has 19 heavy (non-hydrogen) atoms. The number of ether oxygens (including phenoxy) is 1. The van der Waals surface area contributed by atoms with Crippen LogP contribution >= 0.6 is 23.1 Å². The molecule has 8 heteroatoms. The van der Waals surface area contributed by atoms with Gasteiger partial charge in [0.05, 0.1) is 13.2 Å². The van der Waals surface area contributed by atoms with E-state index in [4.69, 9.17) is 4.74 Å². The van der Waals surface area contributed by atoms with Crippen molar-refractivity contribution in [2.75, 3.05) is 43.9 Å². The summed E-state index contributed by atoms with van der Waals surface area (Å²) in [6, 6.07) is 0. The number of rotatable bonds is 6. The molecular weight excluding hydrogens is 284 g/mol. The monoisotopic (exact) mass is 302 g/mol. The Balaban J connectivity index is 1.69. The first-order valence-corrected chi connectivity index (χ1v) is 8.14. The molecule has 0 radical (unpaired) electrons. The predicted octanol–water partition coefficient (Wildman–Crippen LogP) is 1.31. The van der Waals surface area contributed by atoms with Crippen molar-refractivity contribution in [3.8, 4) is 0 Å². The van der Waals surface area contributed by atoms with Gasteiger partial charge in [-0.25, -0.2) is 0 Å². The van der Waals surface area contributed by atoms with Crippen LogP contribution in [-0.2, 0) is 9.53 Å². The summed E-state index contributed by atoms with van der Waals surface area (Å²) < 4.78 is 6.21. The van der Waals surface area contributed by atoms with Crippen molar-refractivity contribution in [1.82, 2.24) is 15.1 Å². The molecule has 0 atom stereocenters. The van der Waals surface area contributed by atoms with Gasteiger partial charge >= 0.3 is 0 Å². The Morgan fingerprint density at radius 2 is 2.26 bits per heavy atom. The number of hydrogen-bond donors (Lipinski definition) is 1. The van der Waals surface area contributed by atoms with E-state index in [0.717, 1.165) is 42.9 Å². The van der Waals surface area contributed by atoms with Crippen molar-refractivity contribution in [2.45, 2.75) is 17.7 Å². The Labute approximate surface area is 120 Å². The summed E-state index contributed by atoms with van der Waals surface area (Å²) >= 11 is 3.11. The lowest BCUT2D eigenvalue weighted by Gasteiger charge is -2.25. The zero-order valence-electron chi connectivity index (χ0n) is 10.9. The van der Waals surface area contributed by atoms with Crippen LogP contribution in [0.5, 0.6) is 0 Å². The van der Waals surface area contributed by atoms with E-state index in [9.17, 15) is 4.79 Å². The summed E-state index contributed by atoms with van der Waals surface area (Å²) in [4.78, 5) is 13.6. The Morgan fingerprint density at radius 3 is 3.00 bits per heavy atom. The van der Waals surface area contributed by atoms with Gasteiger partial charge in [-0.3, -0.25) is 9.69 Å². The van der Waals surface area contributed by atoms with Gasteiger partial charge in [-0.15, -0.1) is 10.2 Å². The number of amides is 1. The van der Waals surface area contributed by atoms with E-state index in [1.165, 1.54) is 11.3 Å². The van der Waals surface area contributed by atoms with Crippen LogP contribution in [-0.4, -0.2) is 59.6 Å². The van der Waals surface area contributed by atoms with Crippen LogP contribution in [0.15, 0.2) is 4.34 Å². The molecule has 1 aromatic rings.